The van der Waals surface area contributed by atoms with Crippen molar-refractivity contribution in [1.29, 1.82) is 0 Å². The van der Waals surface area contributed by atoms with E-state index in [4.69, 9.17) is 0 Å². The molecule has 1 saturated heterocycles. The number of thioether (sulfide) groups is 1. The first-order valence-corrected chi connectivity index (χ1v) is 11.7. The van der Waals surface area contributed by atoms with Gasteiger partial charge >= 0.3 is 0 Å². The van der Waals surface area contributed by atoms with E-state index >= 15 is 0 Å². The van der Waals surface area contributed by atoms with Gasteiger partial charge in [-0.2, -0.15) is 4.31 Å². The van der Waals surface area contributed by atoms with E-state index < -0.39 is 27.6 Å². The molecule has 0 radical (unpaired) electrons. The summed E-state index contributed by atoms with van der Waals surface area (Å²) in [5.41, 5.74) is 1.11. The van der Waals surface area contributed by atoms with Crippen LogP contribution in [0.2, 0.25) is 0 Å². The number of anilines is 1. The summed E-state index contributed by atoms with van der Waals surface area (Å²) in [7, 11) is -3.61. The third-order valence-corrected chi connectivity index (χ3v) is 7.63. The van der Waals surface area contributed by atoms with Crippen molar-refractivity contribution in [3.8, 4) is 0 Å². The number of nitrogens with one attached hydrogen (secondary N) is 1. The van der Waals surface area contributed by atoms with Gasteiger partial charge in [0.2, 0.25) is 15.9 Å². The van der Waals surface area contributed by atoms with Crippen LogP contribution in [0.25, 0.3) is 0 Å². The third-order valence-electron chi connectivity index (χ3n) is 4.69. The summed E-state index contributed by atoms with van der Waals surface area (Å²) in [4.78, 5) is 12.6. The smallest absolute Gasteiger partial charge is 0.243 e. The Bertz CT molecular complexity index is 1010. The molecule has 0 bridgehead atoms. The molecular formula is C20H22F2N2O3S2. The molecule has 1 fully saturated rings. The maximum Gasteiger partial charge on any atom is 0.243 e. The molecule has 2 aromatic rings. The summed E-state index contributed by atoms with van der Waals surface area (Å²) in [6.45, 7) is 2.76. The number of piperidine rings is 1. The Kier molecular flexibility index (Phi) is 6.92. The number of halogens is 2. The topological polar surface area (TPSA) is 66.5 Å². The zero-order valence-electron chi connectivity index (χ0n) is 16.0. The van der Waals surface area contributed by atoms with Gasteiger partial charge in [0.1, 0.15) is 11.6 Å². The molecule has 9 heteroatoms. The van der Waals surface area contributed by atoms with Crippen molar-refractivity contribution >= 4 is 33.4 Å². The van der Waals surface area contributed by atoms with Gasteiger partial charge in [0, 0.05) is 29.7 Å². The Balaban J connectivity index is 1.70. The fraction of sp³-hybridized carbons (Fsp3) is 0.350. The van der Waals surface area contributed by atoms with E-state index in [9.17, 15) is 22.0 Å². The number of amides is 1. The molecule has 156 valence electrons. The van der Waals surface area contributed by atoms with Crippen molar-refractivity contribution in [2.24, 2.45) is 0 Å². The lowest BCUT2D eigenvalue weighted by Gasteiger charge is -2.26. The van der Waals surface area contributed by atoms with Crippen LogP contribution < -0.4 is 5.32 Å². The first kappa shape index (κ1) is 21.7. The van der Waals surface area contributed by atoms with E-state index in [1.807, 2.05) is 0 Å². The zero-order valence-corrected chi connectivity index (χ0v) is 17.6. The van der Waals surface area contributed by atoms with Gasteiger partial charge in [-0.15, -0.1) is 11.8 Å². The van der Waals surface area contributed by atoms with Crippen LogP contribution in [0.3, 0.4) is 0 Å². The molecule has 1 N–H and O–H groups in total. The number of nitrogens with zero attached hydrogens (tertiary/aromatic N) is 1. The van der Waals surface area contributed by atoms with E-state index in [1.165, 1.54) is 22.5 Å². The fourth-order valence-corrected chi connectivity index (χ4v) is 5.34. The van der Waals surface area contributed by atoms with E-state index in [1.54, 1.807) is 13.0 Å². The Labute approximate surface area is 173 Å². The van der Waals surface area contributed by atoms with E-state index in [2.05, 4.69) is 5.32 Å². The average molecular weight is 441 g/mol. The minimum absolute atomic E-state index is 0.0922. The number of aryl methyl sites for hydroxylation is 1. The first-order valence-electron chi connectivity index (χ1n) is 9.26. The normalized spacial score (nSPS) is 15.3. The van der Waals surface area contributed by atoms with Gasteiger partial charge in [-0.1, -0.05) is 12.5 Å². The van der Waals surface area contributed by atoms with Crippen LogP contribution in [0.4, 0.5) is 14.5 Å². The maximum atomic E-state index is 13.7. The molecule has 2 aromatic carbocycles. The molecule has 0 aliphatic carbocycles. The van der Waals surface area contributed by atoms with Crippen molar-refractivity contribution < 1.29 is 22.0 Å². The number of rotatable bonds is 6. The highest BCUT2D eigenvalue weighted by atomic mass is 32.2. The van der Waals surface area contributed by atoms with Gasteiger partial charge in [0.05, 0.1) is 10.6 Å². The second kappa shape index (κ2) is 9.23. The summed E-state index contributed by atoms with van der Waals surface area (Å²) in [5.74, 6) is -1.91. The van der Waals surface area contributed by atoms with Crippen LogP contribution in [-0.4, -0.2) is 37.5 Å². The Morgan fingerprint density at radius 1 is 1.10 bits per heavy atom. The van der Waals surface area contributed by atoms with Gasteiger partial charge in [0.15, 0.2) is 0 Å². The van der Waals surface area contributed by atoms with Gasteiger partial charge in [0.25, 0.3) is 0 Å². The van der Waals surface area contributed by atoms with E-state index in [0.717, 1.165) is 43.2 Å². The van der Waals surface area contributed by atoms with E-state index in [-0.39, 0.29) is 15.5 Å². The lowest BCUT2D eigenvalue weighted by atomic mass is 10.2. The lowest BCUT2D eigenvalue weighted by Crippen LogP contribution is -2.35. The summed E-state index contributed by atoms with van der Waals surface area (Å²) >= 11 is 0.941. The van der Waals surface area contributed by atoms with Crippen LogP contribution in [0.5, 0.6) is 0 Å². The molecule has 3 rings (SSSR count). The molecule has 1 amide bonds. The summed E-state index contributed by atoms with van der Waals surface area (Å²) < 4.78 is 53.8. The van der Waals surface area contributed by atoms with Crippen molar-refractivity contribution in [3.05, 3.63) is 53.6 Å². The second-order valence-electron chi connectivity index (χ2n) is 6.85. The number of hydrogen-bond donors (Lipinski definition) is 1. The first-order chi connectivity index (χ1) is 13.8. The van der Waals surface area contributed by atoms with Crippen molar-refractivity contribution in [2.45, 2.75) is 36.0 Å². The molecule has 0 saturated carbocycles. The molecule has 5 nitrogen and oxygen atoms in total. The standard InChI is InChI=1S/C20H22F2N2O3S2/c1-14-5-7-16(29(26,27)24-9-3-2-4-10-24)12-18(14)23-20(25)13-28-19-8-6-15(21)11-17(19)22/h5-8,11-12H,2-4,9-10,13H2,1H3,(H,23,25). The van der Waals surface area contributed by atoms with Crippen molar-refractivity contribution in [1.82, 2.24) is 4.31 Å². The molecule has 0 aromatic heterocycles. The maximum absolute atomic E-state index is 13.7. The zero-order chi connectivity index (χ0) is 21.0. The van der Waals surface area contributed by atoms with Gasteiger partial charge in [-0.3, -0.25) is 4.79 Å². The van der Waals surface area contributed by atoms with Crippen LogP contribution in [0.1, 0.15) is 24.8 Å². The van der Waals surface area contributed by atoms with Gasteiger partial charge < -0.3 is 5.32 Å². The lowest BCUT2D eigenvalue weighted by molar-refractivity contribution is -0.113. The summed E-state index contributed by atoms with van der Waals surface area (Å²) in [6.07, 6.45) is 2.70. The predicted molar refractivity (Wildman–Crippen MR) is 110 cm³/mol. The average Bonchev–Trinajstić information content (AvgIpc) is 2.69. The van der Waals surface area contributed by atoms with Gasteiger partial charge in [-0.05, 0) is 49.6 Å². The number of benzene rings is 2. The molecule has 1 aliphatic rings. The minimum Gasteiger partial charge on any atom is -0.325 e. The number of sulfonamides is 1. The molecule has 0 unspecified atom stereocenters. The summed E-state index contributed by atoms with van der Waals surface area (Å²) in [6, 6.07) is 7.82. The number of carbonyl (C=O) groups excluding carboxylic acids is 1. The molecule has 29 heavy (non-hydrogen) atoms. The quantitative estimate of drug-likeness (QED) is 0.685. The highest BCUT2D eigenvalue weighted by Crippen LogP contribution is 2.26. The van der Waals surface area contributed by atoms with Crippen LogP contribution in [0.15, 0.2) is 46.2 Å². The largest absolute Gasteiger partial charge is 0.325 e. The monoisotopic (exact) mass is 440 g/mol. The third kappa shape index (κ3) is 5.34. The molecule has 1 heterocycles. The SMILES string of the molecule is Cc1ccc(S(=O)(=O)N2CCCCC2)cc1NC(=O)CSc1ccc(F)cc1F. The van der Waals surface area contributed by atoms with Crippen LogP contribution >= 0.6 is 11.8 Å². The van der Waals surface area contributed by atoms with Crippen LogP contribution in [0, 0.1) is 18.6 Å². The Morgan fingerprint density at radius 2 is 1.83 bits per heavy atom. The molecular weight excluding hydrogens is 418 g/mol. The number of carbonyl (C=O) groups is 1. The molecule has 0 atom stereocenters. The molecule has 1 aliphatic heterocycles. The highest BCUT2D eigenvalue weighted by molar-refractivity contribution is 8.00. The predicted octanol–water partition coefficient (Wildman–Crippen LogP) is 4.18. The van der Waals surface area contributed by atoms with Gasteiger partial charge in [-0.25, -0.2) is 17.2 Å². The fourth-order valence-electron chi connectivity index (χ4n) is 3.07. The summed E-state index contributed by atoms with van der Waals surface area (Å²) in [5, 5.41) is 2.69. The molecule has 0 spiro atoms. The van der Waals surface area contributed by atoms with Crippen molar-refractivity contribution in [3.63, 3.8) is 0 Å². The van der Waals surface area contributed by atoms with Crippen molar-refractivity contribution in [2.75, 3.05) is 24.2 Å². The highest BCUT2D eigenvalue weighted by Gasteiger charge is 2.26. The second-order valence-corrected chi connectivity index (χ2v) is 9.81. The Hall–Kier alpha value is -1.97. The van der Waals surface area contributed by atoms with Crippen LogP contribution in [-0.2, 0) is 14.8 Å². The Morgan fingerprint density at radius 3 is 2.52 bits per heavy atom. The number of hydrogen-bond acceptors (Lipinski definition) is 4. The minimum atomic E-state index is -3.61. The van der Waals surface area contributed by atoms with E-state index in [0.29, 0.717) is 24.3 Å².